The van der Waals surface area contributed by atoms with Gasteiger partial charge in [-0.25, -0.2) is 0 Å². The number of ether oxygens (including phenoxy) is 1. The van der Waals surface area contributed by atoms with E-state index in [0.717, 1.165) is 17.3 Å². The molecule has 1 saturated heterocycles. The average molecular weight is 252 g/mol. The zero-order chi connectivity index (χ0) is 12.0. The standard InChI is InChI=1S/C14H18ClNO/c1-14(2)12(11-6-7-17-13(11)14)16-10-5-3-4-9(15)8-10/h3-5,8,11-13,16H,6-7H2,1-2H3. The van der Waals surface area contributed by atoms with Crippen molar-refractivity contribution in [3.8, 4) is 0 Å². The van der Waals surface area contributed by atoms with Gasteiger partial charge in [-0.3, -0.25) is 0 Å². The lowest BCUT2D eigenvalue weighted by molar-refractivity contribution is -0.0923. The molecule has 1 heterocycles. The third-order valence-corrected chi connectivity index (χ3v) is 4.48. The molecule has 3 atom stereocenters. The highest BCUT2D eigenvalue weighted by molar-refractivity contribution is 6.30. The number of fused-ring (bicyclic) bond motifs is 1. The molecule has 2 fully saturated rings. The lowest BCUT2D eigenvalue weighted by Crippen LogP contribution is -2.63. The molecule has 0 bridgehead atoms. The number of anilines is 1. The Balaban J connectivity index is 1.77. The molecule has 17 heavy (non-hydrogen) atoms. The molecule has 92 valence electrons. The first-order valence-corrected chi connectivity index (χ1v) is 6.60. The highest BCUT2D eigenvalue weighted by atomic mass is 35.5. The summed E-state index contributed by atoms with van der Waals surface area (Å²) < 4.78 is 5.79. The molecule has 1 aromatic carbocycles. The maximum atomic E-state index is 6.01. The molecule has 0 spiro atoms. The monoisotopic (exact) mass is 251 g/mol. The summed E-state index contributed by atoms with van der Waals surface area (Å²) in [5, 5.41) is 4.40. The molecule has 1 aromatic rings. The van der Waals surface area contributed by atoms with Crippen LogP contribution in [0.1, 0.15) is 20.3 Å². The van der Waals surface area contributed by atoms with E-state index in [-0.39, 0.29) is 5.41 Å². The Morgan fingerprint density at radius 3 is 3.00 bits per heavy atom. The summed E-state index contributed by atoms with van der Waals surface area (Å²) in [6.07, 6.45) is 1.60. The van der Waals surface area contributed by atoms with Crippen LogP contribution in [-0.4, -0.2) is 18.8 Å². The Morgan fingerprint density at radius 2 is 2.24 bits per heavy atom. The van der Waals surface area contributed by atoms with Crippen LogP contribution >= 0.6 is 11.6 Å². The van der Waals surface area contributed by atoms with Gasteiger partial charge in [0.15, 0.2) is 0 Å². The van der Waals surface area contributed by atoms with Crippen molar-refractivity contribution in [2.45, 2.75) is 32.4 Å². The molecular formula is C14H18ClNO. The average Bonchev–Trinajstić information content (AvgIpc) is 2.72. The second kappa shape index (κ2) is 3.89. The minimum absolute atomic E-state index is 0.212. The van der Waals surface area contributed by atoms with E-state index < -0.39 is 0 Å². The van der Waals surface area contributed by atoms with Crippen molar-refractivity contribution in [1.29, 1.82) is 0 Å². The van der Waals surface area contributed by atoms with E-state index in [0.29, 0.717) is 18.1 Å². The van der Waals surface area contributed by atoms with Crippen molar-refractivity contribution in [2.75, 3.05) is 11.9 Å². The van der Waals surface area contributed by atoms with Gasteiger partial charge in [-0.05, 0) is 24.6 Å². The van der Waals surface area contributed by atoms with Gasteiger partial charge < -0.3 is 10.1 Å². The van der Waals surface area contributed by atoms with E-state index in [4.69, 9.17) is 16.3 Å². The van der Waals surface area contributed by atoms with Crippen LogP contribution in [0, 0.1) is 11.3 Å². The molecule has 3 rings (SSSR count). The molecule has 0 amide bonds. The second-order valence-electron chi connectivity index (χ2n) is 5.70. The summed E-state index contributed by atoms with van der Waals surface area (Å²) in [6, 6.07) is 8.44. The Hall–Kier alpha value is -0.730. The summed E-state index contributed by atoms with van der Waals surface area (Å²) in [5.74, 6) is 0.656. The molecular weight excluding hydrogens is 234 g/mol. The smallest absolute Gasteiger partial charge is 0.0694 e. The highest BCUT2D eigenvalue weighted by Gasteiger charge is 2.59. The molecule has 2 aliphatic rings. The van der Waals surface area contributed by atoms with Crippen LogP contribution in [0.15, 0.2) is 24.3 Å². The number of rotatable bonds is 2. The maximum Gasteiger partial charge on any atom is 0.0694 e. The highest BCUT2D eigenvalue weighted by Crippen LogP contribution is 2.53. The van der Waals surface area contributed by atoms with E-state index in [9.17, 15) is 0 Å². The SMILES string of the molecule is CC1(C)C(Nc2cccc(Cl)c2)C2CCOC21. The third-order valence-electron chi connectivity index (χ3n) is 4.25. The molecule has 3 unspecified atom stereocenters. The topological polar surface area (TPSA) is 21.3 Å². The van der Waals surface area contributed by atoms with Crippen LogP contribution in [0.2, 0.25) is 5.02 Å². The van der Waals surface area contributed by atoms with Crippen LogP contribution in [0.4, 0.5) is 5.69 Å². The van der Waals surface area contributed by atoms with E-state index in [1.54, 1.807) is 0 Å². The van der Waals surface area contributed by atoms with Crippen molar-refractivity contribution in [3.05, 3.63) is 29.3 Å². The second-order valence-corrected chi connectivity index (χ2v) is 6.13. The number of hydrogen-bond acceptors (Lipinski definition) is 2. The Labute approximate surface area is 107 Å². The lowest BCUT2D eigenvalue weighted by atomic mass is 9.57. The van der Waals surface area contributed by atoms with Gasteiger partial charge in [-0.2, -0.15) is 0 Å². The lowest BCUT2D eigenvalue weighted by Gasteiger charge is -2.55. The summed E-state index contributed by atoms with van der Waals surface area (Å²) in [7, 11) is 0. The Morgan fingerprint density at radius 1 is 1.41 bits per heavy atom. The van der Waals surface area contributed by atoms with Gasteiger partial charge in [-0.15, -0.1) is 0 Å². The van der Waals surface area contributed by atoms with E-state index in [1.165, 1.54) is 6.42 Å². The number of benzene rings is 1. The minimum atomic E-state index is 0.212. The largest absolute Gasteiger partial charge is 0.381 e. The molecule has 1 aliphatic heterocycles. The van der Waals surface area contributed by atoms with Crippen LogP contribution in [0.25, 0.3) is 0 Å². The van der Waals surface area contributed by atoms with Crippen LogP contribution in [0.3, 0.4) is 0 Å². The van der Waals surface area contributed by atoms with Gasteiger partial charge in [0, 0.05) is 34.7 Å². The Kier molecular flexibility index (Phi) is 2.60. The van der Waals surface area contributed by atoms with Gasteiger partial charge in [0.1, 0.15) is 0 Å². The van der Waals surface area contributed by atoms with Crippen molar-refractivity contribution in [2.24, 2.45) is 11.3 Å². The van der Waals surface area contributed by atoms with Gasteiger partial charge in [0.25, 0.3) is 0 Å². The predicted octanol–water partition coefficient (Wildman–Crippen LogP) is 3.57. The van der Waals surface area contributed by atoms with Gasteiger partial charge in [-0.1, -0.05) is 31.5 Å². The molecule has 0 radical (unpaired) electrons. The fourth-order valence-corrected chi connectivity index (χ4v) is 3.57. The number of halogens is 1. The molecule has 0 aromatic heterocycles. The van der Waals surface area contributed by atoms with Crippen molar-refractivity contribution in [1.82, 2.24) is 0 Å². The zero-order valence-corrected chi connectivity index (χ0v) is 11.0. The number of hydrogen-bond donors (Lipinski definition) is 1. The van der Waals surface area contributed by atoms with Crippen molar-refractivity contribution in [3.63, 3.8) is 0 Å². The van der Waals surface area contributed by atoms with Crippen molar-refractivity contribution >= 4 is 17.3 Å². The van der Waals surface area contributed by atoms with Gasteiger partial charge in [0.2, 0.25) is 0 Å². The molecule has 1 aliphatic carbocycles. The first-order chi connectivity index (χ1) is 8.09. The van der Waals surface area contributed by atoms with Gasteiger partial charge >= 0.3 is 0 Å². The minimum Gasteiger partial charge on any atom is -0.381 e. The summed E-state index contributed by atoms with van der Waals surface area (Å²) >= 11 is 6.01. The maximum absolute atomic E-state index is 6.01. The predicted molar refractivity (Wildman–Crippen MR) is 70.5 cm³/mol. The normalized spacial score (nSPS) is 33.9. The first kappa shape index (κ1) is 11.4. The number of nitrogens with one attached hydrogen (secondary N) is 1. The van der Waals surface area contributed by atoms with Crippen LogP contribution < -0.4 is 5.32 Å². The molecule has 3 heteroatoms. The fourth-order valence-electron chi connectivity index (χ4n) is 3.38. The third kappa shape index (κ3) is 1.74. The molecule has 1 saturated carbocycles. The van der Waals surface area contributed by atoms with Gasteiger partial charge in [0.05, 0.1) is 6.10 Å². The van der Waals surface area contributed by atoms with Crippen LogP contribution in [0.5, 0.6) is 0 Å². The fraction of sp³-hybridized carbons (Fsp3) is 0.571. The zero-order valence-electron chi connectivity index (χ0n) is 10.2. The summed E-state index contributed by atoms with van der Waals surface area (Å²) in [4.78, 5) is 0. The van der Waals surface area contributed by atoms with E-state index in [1.807, 2.05) is 18.2 Å². The first-order valence-electron chi connectivity index (χ1n) is 6.23. The Bertz CT molecular complexity index is 432. The van der Waals surface area contributed by atoms with E-state index >= 15 is 0 Å². The molecule has 2 nitrogen and oxygen atoms in total. The quantitative estimate of drug-likeness (QED) is 0.868. The van der Waals surface area contributed by atoms with E-state index in [2.05, 4.69) is 25.2 Å². The molecule has 1 N–H and O–H groups in total. The van der Waals surface area contributed by atoms with Crippen LogP contribution in [-0.2, 0) is 4.74 Å². The summed E-state index contributed by atoms with van der Waals surface area (Å²) in [5.41, 5.74) is 1.32. The van der Waals surface area contributed by atoms with Crippen molar-refractivity contribution < 1.29 is 4.74 Å². The summed E-state index contributed by atoms with van der Waals surface area (Å²) in [6.45, 7) is 5.47.